The second-order valence-corrected chi connectivity index (χ2v) is 4.79. The molecule has 2 atom stereocenters. The minimum absolute atomic E-state index is 0.0238. The normalized spacial score (nSPS) is 30.8. The number of nitrogens with two attached hydrogens (primary N) is 1. The van der Waals surface area contributed by atoms with Gasteiger partial charge in [-0.2, -0.15) is 0 Å². The molecule has 1 aliphatic rings. The molecule has 1 nitrogen and oxygen atoms in total. The van der Waals surface area contributed by atoms with Crippen LogP contribution in [0.15, 0.2) is 18.2 Å². The molecule has 2 heteroatoms. The predicted molar refractivity (Wildman–Crippen MR) is 60.5 cm³/mol. The molecule has 0 bridgehead atoms. The molecule has 0 aromatic heterocycles. The number of benzene rings is 1. The SMILES string of the molecule is Cc1ccc(C2(F)CCC(N)C2)c(C)c1. The summed E-state index contributed by atoms with van der Waals surface area (Å²) in [7, 11) is 0. The third-order valence-corrected chi connectivity index (χ3v) is 3.36. The molecule has 1 aromatic rings. The molecule has 1 saturated carbocycles. The van der Waals surface area contributed by atoms with Crippen LogP contribution in [0.5, 0.6) is 0 Å². The van der Waals surface area contributed by atoms with E-state index >= 15 is 0 Å². The van der Waals surface area contributed by atoms with Gasteiger partial charge in [0.05, 0.1) is 0 Å². The summed E-state index contributed by atoms with van der Waals surface area (Å²) in [5, 5.41) is 0. The zero-order valence-electron chi connectivity index (χ0n) is 9.39. The van der Waals surface area contributed by atoms with Crippen LogP contribution in [0, 0.1) is 13.8 Å². The van der Waals surface area contributed by atoms with Gasteiger partial charge in [-0.15, -0.1) is 0 Å². The Morgan fingerprint density at radius 3 is 2.67 bits per heavy atom. The highest BCUT2D eigenvalue weighted by molar-refractivity contribution is 5.35. The van der Waals surface area contributed by atoms with E-state index in [2.05, 4.69) is 0 Å². The first-order chi connectivity index (χ1) is 7.01. The Bertz CT molecular complexity index is 375. The van der Waals surface area contributed by atoms with Crippen LogP contribution in [-0.2, 0) is 5.67 Å². The number of halogens is 1. The van der Waals surface area contributed by atoms with Gasteiger partial charge < -0.3 is 5.73 Å². The molecule has 0 spiro atoms. The molecule has 0 heterocycles. The van der Waals surface area contributed by atoms with Crippen LogP contribution in [0.2, 0.25) is 0 Å². The maximum atomic E-state index is 14.6. The number of alkyl halides is 1. The minimum Gasteiger partial charge on any atom is -0.328 e. The second-order valence-electron chi connectivity index (χ2n) is 4.79. The zero-order chi connectivity index (χ0) is 11.1. The van der Waals surface area contributed by atoms with Gasteiger partial charge in [-0.1, -0.05) is 23.8 Å². The van der Waals surface area contributed by atoms with E-state index in [1.807, 2.05) is 32.0 Å². The summed E-state index contributed by atoms with van der Waals surface area (Å²) < 4.78 is 14.6. The summed E-state index contributed by atoms with van der Waals surface area (Å²) in [6, 6.07) is 5.96. The first kappa shape index (κ1) is 10.6. The number of aryl methyl sites for hydroxylation is 2. The lowest BCUT2D eigenvalue weighted by molar-refractivity contribution is 0.171. The summed E-state index contributed by atoms with van der Waals surface area (Å²) in [6.45, 7) is 4.01. The molecule has 2 unspecified atom stereocenters. The largest absolute Gasteiger partial charge is 0.328 e. The van der Waals surface area contributed by atoms with Gasteiger partial charge in [0, 0.05) is 12.5 Å². The average molecular weight is 207 g/mol. The highest BCUT2D eigenvalue weighted by atomic mass is 19.1. The molecule has 2 rings (SSSR count). The zero-order valence-corrected chi connectivity index (χ0v) is 9.39. The lowest BCUT2D eigenvalue weighted by Crippen LogP contribution is -2.22. The minimum atomic E-state index is -1.18. The molecule has 2 N–H and O–H groups in total. The lowest BCUT2D eigenvalue weighted by atomic mass is 9.89. The maximum absolute atomic E-state index is 14.6. The lowest BCUT2D eigenvalue weighted by Gasteiger charge is -2.22. The molecular formula is C13H18FN. The van der Waals surface area contributed by atoms with E-state index in [4.69, 9.17) is 5.73 Å². The van der Waals surface area contributed by atoms with Gasteiger partial charge >= 0.3 is 0 Å². The van der Waals surface area contributed by atoms with Gasteiger partial charge in [0.1, 0.15) is 5.67 Å². The maximum Gasteiger partial charge on any atom is 0.137 e. The van der Waals surface area contributed by atoms with E-state index in [-0.39, 0.29) is 6.04 Å². The Hall–Kier alpha value is -0.890. The summed E-state index contributed by atoms with van der Waals surface area (Å²) >= 11 is 0. The van der Waals surface area contributed by atoms with Crippen LogP contribution < -0.4 is 5.73 Å². The fourth-order valence-corrected chi connectivity index (χ4v) is 2.59. The van der Waals surface area contributed by atoms with E-state index in [0.29, 0.717) is 12.8 Å². The highest BCUT2D eigenvalue weighted by Crippen LogP contribution is 2.43. The van der Waals surface area contributed by atoms with Gasteiger partial charge in [0.15, 0.2) is 0 Å². The van der Waals surface area contributed by atoms with Crippen molar-refractivity contribution in [3.8, 4) is 0 Å². The van der Waals surface area contributed by atoms with Crippen LogP contribution in [0.4, 0.5) is 4.39 Å². The fourth-order valence-electron chi connectivity index (χ4n) is 2.59. The molecule has 1 fully saturated rings. The molecule has 1 aromatic carbocycles. The molecule has 0 amide bonds. The highest BCUT2D eigenvalue weighted by Gasteiger charge is 2.40. The molecule has 0 saturated heterocycles. The molecule has 0 aliphatic heterocycles. The van der Waals surface area contributed by atoms with Crippen molar-refractivity contribution in [2.45, 2.75) is 44.8 Å². The van der Waals surface area contributed by atoms with E-state index in [9.17, 15) is 4.39 Å². The van der Waals surface area contributed by atoms with Gasteiger partial charge in [-0.05, 0) is 37.8 Å². The Labute approximate surface area is 90.5 Å². The Balaban J connectivity index is 2.37. The van der Waals surface area contributed by atoms with Crippen LogP contribution in [0.3, 0.4) is 0 Å². The summed E-state index contributed by atoms with van der Waals surface area (Å²) in [5.41, 5.74) is 7.67. The molecule has 15 heavy (non-hydrogen) atoms. The van der Waals surface area contributed by atoms with Crippen molar-refractivity contribution in [2.75, 3.05) is 0 Å². The first-order valence-corrected chi connectivity index (χ1v) is 5.53. The quantitative estimate of drug-likeness (QED) is 0.752. The first-order valence-electron chi connectivity index (χ1n) is 5.53. The average Bonchev–Trinajstić information content (AvgIpc) is 2.46. The Morgan fingerprint density at radius 1 is 1.40 bits per heavy atom. The number of hydrogen-bond acceptors (Lipinski definition) is 1. The van der Waals surface area contributed by atoms with Crippen LogP contribution in [-0.4, -0.2) is 6.04 Å². The smallest absolute Gasteiger partial charge is 0.137 e. The van der Waals surface area contributed by atoms with Crippen molar-refractivity contribution >= 4 is 0 Å². The van der Waals surface area contributed by atoms with Crippen molar-refractivity contribution in [3.63, 3.8) is 0 Å². The standard InChI is InChI=1S/C13H18FN/c1-9-3-4-12(10(2)7-9)13(14)6-5-11(15)8-13/h3-4,7,11H,5-6,8,15H2,1-2H3. The number of rotatable bonds is 1. The third kappa shape index (κ3) is 1.91. The number of hydrogen-bond donors (Lipinski definition) is 1. The van der Waals surface area contributed by atoms with Crippen molar-refractivity contribution in [3.05, 3.63) is 34.9 Å². The fraction of sp³-hybridized carbons (Fsp3) is 0.538. The van der Waals surface area contributed by atoms with E-state index < -0.39 is 5.67 Å². The summed E-state index contributed by atoms with van der Waals surface area (Å²) in [6.07, 6.45) is 1.83. The Morgan fingerprint density at radius 2 is 2.13 bits per heavy atom. The van der Waals surface area contributed by atoms with E-state index in [1.165, 1.54) is 5.56 Å². The summed E-state index contributed by atoms with van der Waals surface area (Å²) in [4.78, 5) is 0. The van der Waals surface area contributed by atoms with E-state index in [0.717, 1.165) is 17.5 Å². The van der Waals surface area contributed by atoms with Crippen molar-refractivity contribution < 1.29 is 4.39 Å². The topological polar surface area (TPSA) is 26.0 Å². The van der Waals surface area contributed by atoms with Gasteiger partial charge in [-0.3, -0.25) is 0 Å². The van der Waals surface area contributed by atoms with Gasteiger partial charge in [0.2, 0.25) is 0 Å². The monoisotopic (exact) mass is 207 g/mol. The predicted octanol–water partition coefficient (Wildman–Crippen LogP) is 2.98. The van der Waals surface area contributed by atoms with Crippen molar-refractivity contribution in [1.29, 1.82) is 0 Å². The Kier molecular flexibility index (Phi) is 2.55. The van der Waals surface area contributed by atoms with Crippen LogP contribution in [0.1, 0.15) is 36.0 Å². The van der Waals surface area contributed by atoms with Gasteiger partial charge in [0.25, 0.3) is 0 Å². The third-order valence-electron chi connectivity index (χ3n) is 3.36. The summed E-state index contributed by atoms with van der Waals surface area (Å²) in [5.74, 6) is 0. The van der Waals surface area contributed by atoms with Crippen LogP contribution in [0.25, 0.3) is 0 Å². The molecule has 0 radical (unpaired) electrons. The molecular weight excluding hydrogens is 189 g/mol. The van der Waals surface area contributed by atoms with Crippen LogP contribution >= 0.6 is 0 Å². The van der Waals surface area contributed by atoms with Gasteiger partial charge in [-0.25, -0.2) is 4.39 Å². The van der Waals surface area contributed by atoms with Crippen molar-refractivity contribution in [2.24, 2.45) is 5.73 Å². The second kappa shape index (κ2) is 3.60. The van der Waals surface area contributed by atoms with Crippen molar-refractivity contribution in [1.82, 2.24) is 0 Å². The molecule has 1 aliphatic carbocycles. The molecule has 82 valence electrons. The van der Waals surface area contributed by atoms with E-state index in [1.54, 1.807) is 0 Å².